The summed E-state index contributed by atoms with van der Waals surface area (Å²) in [7, 11) is 3.68. The third kappa shape index (κ3) is 9.38. The largest absolute Gasteiger partial charge is 0.359 e. The van der Waals surface area contributed by atoms with Gasteiger partial charge in [0.15, 0.2) is 5.78 Å². The summed E-state index contributed by atoms with van der Waals surface area (Å²) in [5, 5.41) is 7.23. The molecule has 2 amide bonds. The quantitative estimate of drug-likeness (QED) is 0.332. The molecular formula is C29H42ClN5O3S. The molecule has 1 aliphatic heterocycles. The molecule has 2 aromatic rings. The van der Waals surface area contributed by atoms with Gasteiger partial charge in [0.05, 0.1) is 21.1 Å². The van der Waals surface area contributed by atoms with Gasteiger partial charge in [0.25, 0.3) is 0 Å². The van der Waals surface area contributed by atoms with Crippen molar-refractivity contribution in [3.8, 4) is 0 Å². The van der Waals surface area contributed by atoms with E-state index in [2.05, 4.69) is 52.9 Å². The first-order valence-corrected chi connectivity index (χ1v) is 15.0. The fraction of sp³-hybridized carbons (Fsp3) is 0.586. The van der Waals surface area contributed by atoms with E-state index in [0.717, 1.165) is 47.8 Å². The van der Waals surface area contributed by atoms with Crippen LogP contribution in [0.25, 0.3) is 10.2 Å². The minimum absolute atomic E-state index is 0.0477. The summed E-state index contributed by atoms with van der Waals surface area (Å²) in [6.07, 6.45) is 2.14. The van der Waals surface area contributed by atoms with Gasteiger partial charge in [-0.3, -0.25) is 19.3 Å². The number of thiazole rings is 1. The lowest BCUT2D eigenvalue weighted by Gasteiger charge is -2.32. The average molecular weight is 576 g/mol. The third-order valence-corrected chi connectivity index (χ3v) is 8.92. The van der Waals surface area contributed by atoms with Crippen molar-refractivity contribution in [3.63, 3.8) is 0 Å². The molecular weight excluding hydrogens is 534 g/mol. The number of fused-ring (bicyclic) bond motifs is 1. The van der Waals surface area contributed by atoms with Crippen LogP contribution in [0.4, 0.5) is 0 Å². The zero-order valence-corrected chi connectivity index (χ0v) is 25.2. The number of piperazine rings is 1. The molecule has 1 aromatic heterocycles. The summed E-state index contributed by atoms with van der Waals surface area (Å²) >= 11 is 7.61. The Labute approximate surface area is 241 Å². The van der Waals surface area contributed by atoms with Gasteiger partial charge in [-0.25, -0.2) is 4.98 Å². The van der Waals surface area contributed by atoms with Gasteiger partial charge >= 0.3 is 0 Å². The number of nitrogens with zero attached hydrogens (tertiary/aromatic N) is 3. The molecule has 1 fully saturated rings. The molecule has 8 nitrogen and oxygen atoms in total. The number of aromatic nitrogens is 1. The number of carbonyl (C=O) groups is 3. The van der Waals surface area contributed by atoms with Gasteiger partial charge in [-0.2, -0.15) is 0 Å². The third-order valence-electron chi connectivity index (χ3n) is 7.64. The first-order valence-electron chi connectivity index (χ1n) is 13.8. The molecule has 0 unspecified atom stereocenters. The van der Waals surface area contributed by atoms with Crippen LogP contribution < -0.4 is 10.6 Å². The first-order chi connectivity index (χ1) is 18.6. The van der Waals surface area contributed by atoms with Crippen LogP contribution in [0.5, 0.6) is 0 Å². The topological polar surface area (TPSA) is 94.6 Å². The van der Waals surface area contributed by atoms with Gasteiger partial charge in [0.2, 0.25) is 11.8 Å². The standard InChI is InChI=1S/C29H42ClN5O3S/c1-6-19(2)23(9-10-25(36)20(3)18-35-13-11-34(5)12-14-35)33-29(38)21(15-27(37)31-4)16-28-32-24-8-7-22(30)17-26(24)39-28/h7-8,17,19,21,23H,3,6,9-16,18H2,1-2,4-5H3,(H,31,37)(H,33,38)/t19-,21-,23+/m0/s1. The smallest absolute Gasteiger partial charge is 0.224 e. The normalized spacial score (nSPS) is 16.9. The van der Waals surface area contributed by atoms with Crippen LogP contribution in [0.3, 0.4) is 0 Å². The minimum Gasteiger partial charge on any atom is -0.359 e. The first kappa shape index (κ1) is 31.2. The van der Waals surface area contributed by atoms with Crippen molar-refractivity contribution in [1.29, 1.82) is 0 Å². The molecule has 214 valence electrons. The van der Waals surface area contributed by atoms with Gasteiger partial charge in [-0.05, 0) is 37.6 Å². The van der Waals surface area contributed by atoms with Crippen LogP contribution in [-0.4, -0.2) is 85.2 Å². The second-order valence-corrected chi connectivity index (χ2v) is 12.2. The van der Waals surface area contributed by atoms with E-state index in [1.54, 1.807) is 13.1 Å². The van der Waals surface area contributed by atoms with E-state index in [0.29, 0.717) is 36.4 Å². The second-order valence-electron chi connectivity index (χ2n) is 10.6. The Balaban J connectivity index is 1.63. The number of ketones is 1. The zero-order chi connectivity index (χ0) is 28.5. The van der Waals surface area contributed by atoms with Gasteiger partial charge in [-0.1, -0.05) is 38.4 Å². The predicted octanol–water partition coefficient (Wildman–Crippen LogP) is 3.93. The number of hydrogen-bond acceptors (Lipinski definition) is 7. The number of halogens is 1. The summed E-state index contributed by atoms with van der Waals surface area (Å²) < 4.78 is 0.949. The summed E-state index contributed by atoms with van der Waals surface area (Å²) in [6.45, 7) is 12.7. The summed E-state index contributed by atoms with van der Waals surface area (Å²) in [5.74, 6) is -0.737. The van der Waals surface area contributed by atoms with Crippen molar-refractivity contribution in [3.05, 3.63) is 40.4 Å². The van der Waals surface area contributed by atoms with Gasteiger partial charge < -0.3 is 15.5 Å². The van der Waals surface area contributed by atoms with Crippen LogP contribution in [-0.2, 0) is 20.8 Å². The molecule has 39 heavy (non-hydrogen) atoms. The molecule has 3 atom stereocenters. The van der Waals surface area contributed by atoms with E-state index in [1.165, 1.54) is 11.3 Å². The molecule has 3 rings (SSSR count). The fourth-order valence-corrected chi connectivity index (χ4v) is 6.06. The fourth-order valence-electron chi connectivity index (χ4n) is 4.74. The highest BCUT2D eigenvalue weighted by Crippen LogP contribution is 2.28. The molecule has 1 saturated heterocycles. The average Bonchev–Trinajstić information content (AvgIpc) is 3.32. The van der Waals surface area contributed by atoms with Gasteiger partial charge in [-0.15, -0.1) is 11.3 Å². The number of nitrogens with one attached hydrogen (secondary N) is 2. The van der Waals surface area contributed by atoms with Crippen molar-refractivity contribution in [2.24, 2.45) is 11.8 Å². The lowest BCUT2D eigenvalue weighted by molar-refractivity contribution is -0.131. The van der Waals surface area contributed by atoms with Crippen molar-refractivity contribution in [1.82, 2.24) is 25.4 Å². The number of likely N-dealkylation sites (N-methyl/N-ethyl adjacent to an activating group) is 1. The van der Waals surface area contributed by atoms with Crippen molar-refractivity contribution < 1.29 is 14.4 Å². The van der Waals surface area contributed by atoms with Crippen molar-refractivity contribution in [2.75, 3.05) is 46.8 Å². The van der Waals surface area contributed by atoms with E-state index in [-0.39, 0.29) is 36.0 Å². The zero-order valence-electron chi connectivity index (χ0n) is 23.6. The molecule has 0 saturated carbocycles. The summed E-state index contributed by atoms with van der Waals surface area (Å²) in [4.78, 5) is 48.0. The van der Waals surface area contributed by atoms with E-state index < -0.39 is 5.92 Å². The summed E-state index contributed by atoms with van der Waals surface area (Å²) in [5.41, 5.74) is 1.45. The maximum absolute atomic E-state index is 13.5. The Morgan fingerprint density at radius 2 is 1.92 bits per heavy atom. The molecule has 0 bridgehead atoms. The second kappa shape index (κ2) is 14.9. The van der Waals surface area contributed by atoms with Crippen LogP contribution in [0, 0.1) is 11.8 Å². The maximum atomic E-state index is 13.5. The minimum atomic E-state index is -0.574. The van der Waals surface area contributed by atoms with Crippen molar-refractivity contribution in [2.45, 2.75) is 52.0 Å². The lowest BCUT2D eigenvalue weighted by Crippen LogP contribution is -2.45. The van der Waals surface area contributed by atoms with E-state index in [9.17, 15) is 14.4 Å². The predicted molar refractivity (Wildman–Crippen MR) is 159 cm³/mol. The molecule has 2 N–H and O–H groups in total. The molecule has 1 aromatic carbocycles. The van der Waals surface area contributed by atoms with Gasteiger partial charge in [0, 0.05) is 75.7 Å². The number of carbonyl (C=O) groups excluding carboxylic acids is 3. The van der Waals surface area contributed by atoms with E-state index >= 15 is 0 Å². The van der Waals surface area contributed by atoms with Crippen LogP contribution in [0.15, 0.2) is 30.4 Å². The van der Waals surface area contributed by atoms with E-state index in [1.807, 2.05) is 12.1 Å². The Morgan fingerprint density at radius 3 is 2.59 bits per heavy atom. The van der Waals surface area contributed by atoms with E-state index in [4.69, 9.17) is 11.6 Å². The highest BCUT2D eigenvalue weighted by atomic mass is 35.5. The number of amides is 2. The molecule has 2 heterocycles. The number of rotatable bonds is 14. The van der Waals surface area contributed by atoms with Crippen LogP contribution >= 0.6 is 22.9 Å². The molecule has 1 aliphatic rings. The molecule has 0 aliphatic carbocycles. The Kier molecular flexibility index (Phi) is 11.9. The van der Waals surface area contributed by atoms with Gasteiger partial charge in [0.1, 0.15) is 0 Å². The Morgan fingerprint density at radius 1 is 1.21 bits per heavy atom. The highest BCUT2D eigenvalue weighted by molar-refractivity contribution is 7.18. The molecule has 0 spiro atoms. The number of Topliss-reactive ketones (excluding diaryl/α,β-unsaturated/α-hetero) is 1. The molecule has 0 radical (unpaired) electrons. The highest BCUT2D eigenvalue weighted by Gasteiger charge is 2.28. The van der Waals surface area contributed by atoms with Crippen LogP contribution in [0.2, 0.25) is 5.02 Å². The number of benzene rings is 1. The summed E-state index contributed by atoms with van der Waals surface area (Å²) in [6, 6.07) is 5.34. The Hall–Kier alpha value is -2.33. The van der Waals surface area contributed by atoms with Crippen LogP contribution in [0.1, 0.15) is 44.5 Å². The monoisotopic (exact) mass is 575 g/mol. The Bertz CT molecular complexity index is 1160. The maximum Gasteiger partial charge on any atom is 0.224 e. The molecule has 10 heteroatoms. The number of hydrogen-bond donors (Lipinski definition) is 2. The lowest BCUT2D eigenvalue weighted by atomic mass is 9.91. The van der Waals surface area contributed by atoms with Crippen molar-refractivity contribution >= 4 is 50.8 Å². The SMILES string of the molecule is C=C(CN1CCN(C)CC1)C(=O)CC[C@@H](NC(=O)[C@@H](CC(=O)NC)Cc1nc2ccc(Cl)cc2s1)[C@@H](C)CC.